The second-order valence-corrected chi connectivity index (χ2v) is 7.75. The molecular weight excluding hydrogens is 324 g/mol. The first-order valence-corrected chi connectivity index (χ1v) is 10.5. The summed E-state index contributed by atoms with van der Waals surface area (Å²) < 4.78 is 0. The Bertz CT molecular complexity index is 859. The van der Waals surface area contributed by atoms with Gasteiger partial charge >= 0.3 is 0 Å². The van der Waals surface area contributed by atoms with Crippen LogP contribution in [0.1, 0.15) is 61.8 Å². The summed E-state index contributed by atoms with van der Waals surface area (Å²) in [6.07, 6.45) is 5.80. The molecule has 0 aromatic heterocycles. The van der Waals surface area contributed by atoms with E-state index in [1.165, 1.54) is 52.6 Å². The van der Waals surface area contributed by atoms with E-state index in [9.17, 15) is 0 Å². The van der Waals surface area contributed by atoms with E-state index in [2.05, 4.69) is 93.6 Å². The molecule has 0 nitrogen and oxygen atoms in total. The minimum Gasteiger partial charge on any atom is -0.0651 e. The molecule has 0 aliphatic rings. The molecule has 0 aliphatic carbocycles. The standard InChI is InChI=1S/C27H32/c1-4-9-22-11-6-14-25(18-22)21(3)17-24-13-8-16-27(20-24)26-15-7-12-23(19-26)10-5-2/h6-8,11-16,18-21H,4-5,9-10,17H2,1-3H3. The lowest BCUT2D eigenvalue weighted by molar-refractivity contribution is 0.756. The molecule has 3 aromatic rings. The van der Waals surface area contributed by atoms with Crippen molar-refractivity contribution in [3.8, 4) is 11.1 Å². The van der Waals surface area contributed by atoms with Gasteiger partial charge in [0.25, 0.3) is 0 Å². The summed E-state index contributed by atoms with van der Waals surface area (Å²) in [6.45, 7) is 6.83. The van der Waals surface area contributed by atoms with Crippen LogP contribution in [0.4, 0.5) is 0 Å². The molecule has 0 fully saturated rings. The summed E-state index contributed by atoms with van der Waals surface area (Å²) in [5.74, 6) is 0.531. The summed E-state index contributed by atoms with van der Waals surface area (Å²) in [5, 5.41) is 0. The van der Waals surface area contributed by atoms with Crippen molar-refractivity contribution in [2.45, 2.75) is 58.8 Å². The molecule has 140 valence electrons. The number of benzene rings is 3. The molecule has 0 aliphatic heterocycles. The average molecular weight is 357 g/mol. The van der Waals surface area contributed by atoms with E-state index in [4.69, 9.17) is 0 Å². The van der Waals surface area contributed by atoms with E-state index in [-0.39, 0.29) is 0 Å². The van der Waals surface area contributed by atoms with Crippen molar-refractivity contribution in [2.75, 3.05) is 0 Å². The van der Waals surface area contributed by atoms with Crippen LogP contribution < -0.4 is 0 Å². The molecule has 0 heteroatoms. The molecule has 3 aromatic carbocycles. The molecule has 0 N–H and O–H groups in total. The van der Waals surface area contributed by atoms with Crippen LogP contribution in [-0.4, -0.2) is 0 Å². The predicted molar refractivity (Wildman–Crippen MR) is 118 cm³/mol. The first-order valence-electron chi connectivity index (χ1n) is 10.5. The largest absolute Gasteiger partial charge is 0.0651 e. The SMILES string of the molecule is CCCc1cccc(-c2cccc(CC(C)c3cccc(CCC)c3)c2)c1. The lowest BCUT2D eigenvalue weighted by Crippen LogP contribution is -2.00. The van der Waals surface area contributed by atoms with Crippen molar-refractivity contribution < 1.29 is 0 Å². The van der Waals surface area contributed by atoms with Crippen LogP contribution in [0.2, 0.25) is 0 Å². The predicted octanol–water partition coefficient (Wildman–Crippen LogP) is 7.60. The van der Waals surface area contributed by atoms with Crippen LogP contribution in [-0.2, 0) is 19.3 Å². The van der Waals surface area contributed by atoms with Crippen molar-refractivity contribution >= 4 is 0 Å². The smallest absolute Gasteiger partial charge is 0.0150 e. The monoisotopic (exact) mass is 356 g/mol. The molecule has 27 heavy (non-hydrogen) atoms. The summed E-state index contributed by atoms with van der Waals surface area (Å²) in [4.78, 5) is 0. The molecule has 0 saturated carbocycles. The van der Waals surface area contributed by atoms with Gasteiger partial charge in [0.2, 0.25) is 0 Å². The van der Waals surface area contributed by atoms with Crippen molar-refractivity contribution in [1.82, 2.24) is 0 Å². The highest BCUT2D eigenvalue weighted by molar-refractivity contribution is 5.65. The van der Waals surface area contributed by atoms with Gasteiger partial charge in [-0.05, 0) is 58.6 Å². The average Bonchev–Trinajstić information content (AvgIpc) is 2.69. The molecule has 0 heterocycles. The Morgan fingerprint density at radius 3 is 1.78 bits per heavy atom. The van der Waals surface area contributed by atoms with Gasteiger partial charge in [0.15, 0.2) is 0 Å². The van der Waals surface area contributed by atoms with E-state index in [0.717, 1.165) is 12.8 Å². The van der Waals surface area contributed by atoms with E-state index >= 15 is 0 Å². The Balaban J connectivity index is 1.77. The second-order valence-electron chi connectivity index (χ2n) is 7.75. The van der Waals surface area contributed by atoms with Gasteiger partial charge in [-0.3, -0.25) is 0 Å². The second kappa shape index (κ2) is 9.55. The Morgan fingerprint density at radius 1 is 0.630 bits per heavy atom. The maximum atomic E-state index is 2.40. The van der Waals surface area contributed by atoms with Gasteiger partial charge in [-0.2, -0.15) is 0 Å². The molecule has 0 spiro atoms. The van der Waals surface area contributed by atoms with Gasteiger partial charge in [0.05, 0.1) is 0 Å². The third kappa shape index (κ3) is 5.32. The van der Waals surface area contributed by atoms with E-state index in [1.54, 1.807) is 0 Å². The fraction of sp³-hybridized carbons (Fsp3) is 0.333. The fourth-order valence-corrected chi connectivity index (χ4v) is 3.89. The van der Waals surface area contributed by atoms with Crippen LogP contribution in [0.5, 0.6) is 0 Å². The molecule has 0 radical (unpaired) electrons. The van der Waals surface area contributed by atoms with Gasteiger partial charge in [-0.1, -0.05) is 106 Å². The molecule has 3 rings (SSSR count). The zero-order chi connectivity index (χ0) is 19.1. The van der Waals surface area contributed by atoms with E-state index < -0.39 is 0 Å². The van der Waals surface area contributed by atoms with Crippen LogP contribution in [0.3, 0.4) is 0 Å². The maximum Gasteiger partial charge on any atom is -0.0150 e. The third-order valence-corrected chi connectivity index (χ3v) is 5.33. The first-order chi connectivity index (χ1) is 13.2. The zero-order valence-corrected chi connectivity index (χ0v) is 17.0. The highest BCUT2D eigenvalue weighted by atomic mass is 14.1. The Kier molecular flexibility index (Phi) is 6.87. The summed E-state index contributed by atoms with van der Waals surface area (Å²) >= 11 is 0. The van der Waals surface area contributed by atoms with Crippen LogP contribution in [0.15, 0.2) is 72.8 Å². The summed E-state index contributed by atoms with van der Waals surface area (Å²) in [5.41, 5.74) is 8.43. The van der Waals surface area contributed by atoms with Crippen LogP contribution >= 0.6 is 0 Å². The number of rotatable bonds is 8. The van der Waals surface area contributed by atoms with Gasteiger partial charge in [0.1, 0.15) is 0 Å². The summed E-state index contributed by atoms with van der Waals surface area (Å²) in [6, 6.07) is 27.2. The maximum absolute atomic E-state index is 2.40. The van der Waals surface area contributed by atoms with Crippen molar-refractivity contribution in [3.05, 3.63) is 95.1 Å². The third-order valence-electron chi connectivity index (χ3n) is 5.33. The Labute approximate surface area is 165 Å². The van der Waals surface area contributed by atoms with Crippen LogP contribution in [0, 0.1) is 0 Å². The fourth-order valence-electron chi connectivity index (χ4n) is 3.89. The molecule has 0 bridgehead atoms. The van der Waals surface area contributed by atoms with E-state index in [1.807, 2.05) is 0 Å². The van der Waals surface area contributed by atoms with Crippen molar-refractivity contribution in [2.24, 2.45) is 0 Å². The highest BCUT2D eigenvalue weighted by Crippen LogP contribution is 2.26. The lowest BCUT2D eigenvalue weighted by Gasteiger charge is -2.14. The zero-order valence-electron chi connectivity index (χ0n) is 17.0. The minimum absolute atomic E-state index is 0.531. The van der Waals surface area contributed by atoms with Crippen molar-refractivity contribution in [3.63, 3.8) is 0 Å². The van der Waals surface area contributed by atoms with Crippen LogP contribution in [0.25, 0.3) is 11.1 Å². The normalized spacial score (nSPS) is 12.1. The first kappa shape index (κ1) is 19.4. The lowest BCUT2D eigenvalue weighted by atomic mass is 9.90. The van der Waals surface area contributed by atoms with Crippen molar-refractivity contribution in [1.29, 1.82) is 0 Å². The summed E-state index contributed by atoms with van der Waals surface area (Å²) in [7, 11) is 0. The highest BCUT2D eigenvalue weighted by Gasteiger charge is 2.09. The molecular formula is C27H32. The molecule has 1 unspecified atom stereocenters. The topological polar surface area (TPSA) is 0 Å². The van der Waals surface area contributed by atoms with E-state index in [0.29, 0.717) is 5.92 Å². The van der Waals surface area contributed by atoms with Gasteiger partial charge in [0, 0.05) is 0 Å². The van der Waals surface area contributed by atoms with Gasteiger partial charge in [-0.15, -0.1) is 0 Å². The number of hydrogen-bond acceptors (Lipinski definition) is 0. The molecule has 0 amide bonds. The quantitative estimate of drug-likeness (QED) is 0.390. The van der Waals surface area contributed by atoms with Gasteiger partial charge < -0.3 is 0 Å². The molecule has 0 saturated heterocycles. The number of aryl methyl sites for hydroxylation is 2. The van der Waals surface area contributed by atoms with Gasteiger partial charge in [-0.25, -0.2) is 0 Å². The Hall–Kier alpha value is -2.34. The Morgan fingerprint density at radius 2 is 1.15 bits per heavy atom. The minimum atomic E-state index is 0.531. The molecule has 1 atom stereocenters. The number of hydrogen-bond donors (Lipinski definition) is 0.